The highest BCUT2D eigenvalue weighted by Gasteiger charge is 2.23. The number of hydrogen-bond donors (Lipinski definition) is 0. The number of aromatic nitrogens is 2. The molecule has 0 aliphatic carbocycles. The van der Waals surface area contributed by atoms with Crippen molar-refractivity contribution >= 4 is 11.9 Å². The quantitative estimate of drug-likeness (QED) is 0.625. The normalized spacial score (nSPS) is 14.6. The number of hydrogen-bond acceptors (Lipinski definition) is 7. The van der Waals surface area contributed by atoms with Gasteiger partial charge in [-0.15, -0.1) is 0 Å². The first kappa shape index (κ1) is 22.3. The van der Waals surface area contributed by atoms with Crippen LogP contribution in [-0.2, 0) is 16.1 Å². The molecule has 1 aliphatic heterocycles. The van der Waals surface area contributed by atoms with Crippen molar-refractivity contribution in [1.82, 2.24) is 9.55 Å². The predicted octanol–water partition coefficient (Wildman–Crippen LogP) is 2.62. The van der Waals surface area contributed by atoms with Crippen LogP contribution < -0.4 is 15.2 Å². The molecular weight excluding hydrogens is 403 g/mol. The van der Waals surface area contributed by atoms with E-state index in [1.165, 1.54) is 35.9 Å². The van der Waals surface area contributed by atoms with Crippen molar-refractivity contribution in [2.75, 3.05) is 24.6 Å². The van der Waals surface area contributed by atoms with Gasteiger partial charge in [-0.3, -0.25) is 9.36 Å². The fourth-order valence-corrected chi connectivity index (χ4v) is 3.51. The zero-order valence-electron chi connectivity index (χ0n) is 17.6. The summed E-state index contributed by atoms with van der Waals surface area (Å²) in [5.74, 6) is -0.784. The Morgan fingerprint density at radius 2 is 2.06 bits per heavy atom. The van der Waals surface area contributed by atoms with Gasteiger partial charge in [0.15, 0.2) is 6.10 Å². The van der Waals surface area contributed by atoms with E-state index in [0.717, 1.165) is 32.4 Å². The summed E-state index contributed by atoms with van der Waals surface area (Å²) in [6.45, 7) is 4.78. The molecule has 1 unspecified atom stereocenters. The summed E-state index contributed by atoms with van der Waals surface area (Å²) in [5, 5.41) is 9.40. The van der Waals surface area contributed by atoms with Crippen LogP contribution in [0, 0.1) is 17.1 Å². The standard InChI is InChI=1S/C22H25FN4O4/c1-3-30-21(29)15(2)31-19-13-25-22(26-9-5-4-6-10-26)27(20(19)28)14-17-11-18(23)8-7-16(17)12-24/h7-8,11,13,15H,3-6,9-10,14H2,1-2H3. The summed E-state index contributed by atoms with van der Waals surface area (Å²) in [7, 11) is 0. The molecule has 3 rings (SSSR count). The monoisotopic (exact) mass is 428 g/mol. The lowest BCUT2D eigenvalue weighted by atomic mass is 10.1. The average Bonchev–Trinajstić information content (AvgIpc) is 2.77. The lowest BCUT2D eigenvalue weighted by Crippen LogP contribution is -2.38. The molecule has 0 amide bonds. The number of nitrogens with zero attached hydrogens (tertiary/aromatic N) is 4. The highest BCUT2D eigenvalue weighted by atomic mass is 19.1. The number of ether oxygens (including phenoxy) is 2. The van der Waals surface area contributed by atoms with Gasteiger partial charge < -0.3 is 14.4 Å². The number of carbonyl (C=O) groups excluding carboxylic acids is 1. The lowest BCUT2D eigenvalue weighted by Gasteiger charge is -2.30. The van der Waals surface area contributed by atoms with Crippen molar-refractivity contribution in [3.05, 3.63) is 51.7 Å². The second-order valence-electron chi connectivity index (χ2n) is 7.29. The van der Waals surface area contributed by atoms with Crippen LogP contribution in [0.25, 0.3) is 0 Å². The second-order valence-corrected chi connectivity index (χ2v) is 7.29. The SMILES string of the molecule is CCOC(=O)C(C)Oc1cnc(N2CCCCC2)n(Cc2cc(F)ccc2C#N)c1=O. The molecule has 0 bridgehead atoms. The van der Waals surface area contributed by atoms with Crippen LogP contribution in [0.15, 0.2) is 29.2 Å². The van der Waals surface area contributed by atoms with E-state index in [4.69, 9.17) is 9.47 Å². The van der Waals surface area contributed by atoms with Crippen molar-refractivity contribution < 1.29 is 18.7 Å². The van der Waals surface area contributed by atoms with Gasteiger partial charge in [-0.05, 0) is 56.9 Å². The zero-order valence-corrected chi connectivity index (χ0v) is 17.6. The Hall–Kier alpha value is -3.41. The Morgan fingerprint density at radius 3 is 2.74 bits per heavy atom. The summed E-state index contributed by atoms with van der Waals surface area (Å²) in [4.78, 5) is 31.6. The van der Waals surface area contributed by atoms with Gasteiger partial charge in [0.1, 0.15) is 5.82 Å². The van der Waals surface area contributed by atoms with Crippen molar-refractivity contribution in [3.63, 3.8) is 0 Å². The molecule has 2 aromatic rings. The number of anilines is 1. The van der Waals surface area contributed by atoms with E-state index in [0.29, 0.717) is 11.5 Å². The maximum Gasteiger partial charge on any atom is 0.347 e. The molecule has 1 aromatic carbocycles. The van der Waals surface area contributed by atoms with Gasteiger partial charge in [0, 0.05) is 13.1 Å². The molecule has 1 fully saturated rings. The first-order chi connectivity index (χ1) is 14.9. The molecule has 164 valence electrons. The van der Waals surface area contributed by atoms with Crippen LogP contribution in [0.5, 0.6) is 5.75 Å². The van der Waals surface area contributed by atoms with Gasteiger partial charge in [-0.25, -0.2) is 14.2 Å². The fourth-order valence-electron chi connectivity index (χ4n) is 3.51. The molecule has 0 saturated carbocycles. The molecule has 31 heavy (non-hydrogen) atoms. The van der Waals surface area contributed by atoms with E-state index in [1.54, 1.807) is 6.92 Å². The maximum absolute atomic E-state index is 13.9. The van der Waals surface area contributed by atoms with E-state index < -0.39 is 23.4 Å². The van der Waals surface area contributed by atoms with Gasteiger partial charge >= 0.3 is 5.97 Å². The summed E-state index contributed by atoms with van der Waals surface area (Å²) < 4.78 is 25.7. The Morgan fingerprint density at radius 1 is 1.32 bits per heavy atom. The third-order valence-corrected chi connectivity index (χ3v) is 5.07. The number of carbonyl (C=O) groups is 1. The third-order valence-electron chi connectivity index (χ3n) is 5.07. The number of nitriles is 1. The van der Waals surface area contributed by atoms with Gasteiger partial charge in [0.2, 0.25) is 11.7 Å². The molecule has 0 N–H and O–H groups in total. The van der Waals surface area contributed by atoms with Crippen molar-refractivity contribution in [2.24, 2.45) is 0 Å². The number of rotatable bonds is 7. The Bertz CT molecular complexity index is 1040. The molecule has 1 saturated heterocycles. The molecule has 1 aromatic heterocycles. The van der Waals surface area contributed by atoms with E-state index in [1.807, 2.05) is 11.0 Å². The second kappa shape index (κ2) is 10.1. The molecule has 1 atom stereocenters. The Labute approximate surface area is 179 Å². The van der Waals surface area contributed by atoms with Crippen LogP contribution in [0.3, 0.4) is 0 Å². The van der Waals surface area contributed by atoms with E-state index in [2.05, 4.69) is 4.98 Å². The topological polar surface area (TPSA) is 97.4 Å². The maximum atomic E-state index is 13.9. The smallest absolute Gasteiger partial charge is 0.347 e. The number of halogens is 1. The van der Waals surface area contributed by atoms with Crippen LogP contribution in [0.2, 0.25) is 0 Å². The molecule has 0 radical (unpaired) electrons. The summed E-state index contributed by atoms with van der Waals surface area (Å²) >= 11 is 0. The van der Waals surface area contributed by atoms with Gasteiger partial charge in [0.25, 0.3) is 5.56 Å². The predicted molar refractivity (Wildman–Crippen MR) is 112 cm³/mol. The highest BCUT2D eigenvalue weighted by molar-refractivity contribution is 5.74. The third kappa shape index (κ3) is 5.20. The fraction of sp³-hybridized carbons (Fsp3) is 0.455. The van der Waals surface area contributed by atoms with E-state index in [-0.39, 0.29) is 24.5 Å². The van der Waals surface area contributed by atoms with Gasteiger partial charge in [-0.2, -0.15) is 5.26 Å². The largest absolute Gasteiger partial charge is 0.472 e. The van der Waals surface area contributed by atoms with Crippen LogP contribution in [0.1, 0.15) is 44.2 Å². The summed E-state index contributed by atoms with van der Waals surface area (Å²) in [6, 6.07) is 5.85. The first-order valence-electron chi connectivity index (χ1n) is 10.3. The number of esters is 1. The average molecular weight is 428 g/mol. The molecule has 0 spiro atoms. The van der Waals surface area contributed by atoms with E-state index in [9.17, 15) is 19.2 Å². The molecule has 9 heteroatoms. The Kier molecular flexibility index (Phi) is 7.23. The Balaban J connectivity index is 2.03. The minimum Gasteiger partial charge on any atom is -0.472 e. The van der Waals surface area contributed by atoms with Gasteiger partial charge in [-0.1, -0.05) is 0 Å². The molecule has 2 heterocycles. The van der Waals surface area contributed by atoms with Crippen LogP contribution in [0.4, 0.5) is 10.3 Å². The van der Waals surface area contributed by atoms with E-state index >= 15 is 0 Å². The number of piperidine rings is 1. The zero-order chi connectivity index (χ0) is 22.4. The minimum absolute atomic E-state index is 0.0523. The molecular formula is C22H25FN4O4. The number of benzene rings is 1. The summed E-state index contributed by atoms with van der Waals surface area (Å²) in [5.41, 5.74) is 0.115. The van der Waals surface area contributed by atoms with Crippen molar-refractivity contribution in [3.8, 4) is 11.8 Å². The van der Waals surface area contributed by atoms with Crippen molar-refractivity contribution in [2.45, 2.75) is 45.8 Å². The minimum atomic E-state index is -0.993. The van der Waals surface area contributed by atoms with Crippen molar-refractivity contribution in [1.29, 1.82) is 5.26 Å². The summed E-state index contributed by atoms with van der Waals surface area (Å²) in [6.07, 6.45) is 3.35. The van der Waals surface area contributed by atoms with Crippen LogP contribution >= 0.6 is 0 Å². The first-order valence-corrected chi connectivity index (χ1v) is 10.3. The highest BCUT2D eigenvalue weighted by Crippen LogP contribution is 2.21. The lowest BCUT2D eigenvalue weighted by molar-refractivity contribution is -0.150. The van der Waals surface area contributed by atoms with Gasteiger partial charge in [0.05, 0.1) is 31.0 Å². The molecule has 8 nitrogen and oxygen atoms in total. The molecule has 1 aliphatic rings. The van der Waals surface area contributed by atoms with Crippen LogP contribution in [-0.4, -0.2) is 41.3 Å².